The maximum atomic E-state index is 13.0. The van der Waals surface area contributed by atoms with E-state index in [4.69, 9.17) is 16.3 Å². The van der Waals surface area contributed by atoms with E-state index in [0.717, 1.165) is 11.0 Å². The molecular weight excluding hydrogens is 489 g/mol. The highest BCUT2D eigenvalue weighted by Gasteiger charge is 2.36. The van der Waals surface area contributed by atoms with Gasteiger partial charge in [-0.25, -0.2) is 9.69 Å². The number of alkyl halides is 3. The monoisotopic (exact) mass is 502 g/mol. The van der Waals surface area contributed by atoms with Gasteiger partial charge in [0.25, 0.3) is 17.7 Å². The summed E-state index contributed by atoms with van der Waals surface area (Å²) in [7, 11) is 0. The van der Waals surface area contributed by atoms with Gasteiger partial charge in [-0.3, -0.25) is 14.4 Å². The predicted octanol–water partition coefficient (Wildman–Crippen LogP) is 4.95. The Labute approximate surface area is 201 Å². The van der Waals surface area contributed by atoms with Crippen LogP contribution in [0, 0.1) is 0 Å². The van der Waals surface area contributed by atoms with Crippen molar-refractivity contribution in [2.75, 3.05) is 16.8 Å². The van der Waals surface area contributed by atoms with Crippen LogP contribution in [0.5, 0.6) is 0 Å². The minimum absolute atomic E-state index is 0.0438. The number of carbonyl (C=O) groups excluding carboxylic acids is 4. The number of hydrogen-bond donors (Lipinski definition) is 1. The summed E-state index contributed by atoms with van der Waals surface area (Å²) in [6, 6.07) is 14.6. The zero-order valence-corrected chi connectivity index (χ0v) is 18.3. The molecule has 1 aliphatic rings. The van der Waals surface area contributed by atoms with Gasteiger partial charge in [0, 0.05) is 5.69 Å². The third-order valence-electron chi connectivity index (χ3n) is 5.02. The van der Waals surface area contributed by atoms with Crippen LogP contribution in [0.25, 0.3) is 0 Å². The molecule has 35 heavy (non-hydrogen) atoms. The number of anilines is 2. The van der Waals surface area contributed by atoms with Gasteiger partial charge in [-0.15, -0.1) is 0 Å². The molecule has 7 nitrogen and oxygen atoms in total. The van der Waals surface area contributed by atoms with E-state index in [2.05, 4.69) is 5.32 Å². The maximum absolute atomic E-state index is 13.0. The quantitative estimate of drug-likeness (QED) is 0.393. The van der Waals surface area contributed by atoms with Gasteiger partial charge in [0.05, 0.1) is 33.0 Å². The number of ether oxygens (including phenoxy) is 1. The summed E-state index contributed by atoms with van der Waals surface area (Å²) in [6.07, 6.45) is -4.71. The van der Waals surface area contributed by atoms with Crippen LogP contribution in [-0.4, -0.2) is 30.3 Å². The van der Waals surface area contributed by atoms with Gasteiger partial charge in [-0.2, -0.15) is 13.2 Å². The molecule has 178 valence electrons. The number of esters is 1. The Morgan fingerprint density at radius 3 is 2.20 bits per heavy atom. The lowest BCUT2D eigenvalue weighted by Gasteiger charge is -2.15. The summed E-state index contributed by atoms with van der Waals surface area (Å²) in [5.41, 5.74) is -0.751. The third-order valence-corrected chi connectivity index (χ3v) is 5.35. The molecule has 0 saturated carbocycles. The number of imide groups is 1. The number of benzene rings is 3. The summed E-state index contributed by atoms with van der Waals surface area (Å²) in [5, 5.41) is 1.67. The molecule has 3 amide bonds. The first kappa shape index (κ1) is 24.0. The van der Waals surface area contributed by atoms with E-state index in [1.165, 1.54) is 42.5 Å². The molecule has 4 rings (SSSR count). The van der Waals surface area contributed by atoms with Gasteiger partial charge in [0.15, 0.2) is 6.61 Å². The van der Waals surface area contributed by atoms with Gasteiger partial charge >= 0.3 is 12.1 Å². The predicted molar refractivity (Wildman–Crippen MR) is 119 cm³/mol. The largest absolute Gasteiger partial charge is 0.452 e. The Balaban J connectivity index is 1.42. The van der Waals surface area contributed by atoms with Crippen LogP contribution in [0.1, 0.15) is 36.6 Å². The van der Waals surface area contributed by atoms with Crippen LogP contribution in [0.15, 0.2) is 66.7 Å². The molecule has 0 aromatic heterocycles. The van der Waals surface area contributed by atoms with Crippen molar-refractivity contribution in [2.45, 2.75) is 6.18 Å². The first-order chi connectivity index (χ1) is 16.6. The van der Waals surface area contributed by atoms with E-state index in [1.54, 1.807) is 12.1 Å². The Hall–Kier alpha value is -4.18. The number of carbonyl (C=O) groups is 4. The maximum Gasteiger partial charge on any atom is 0.417 e. The average Bonchev–Trinajstić information content (AvgIpc) is 3.08. The Morgan fingerprint density at radius 2 is 1.57 bits per heavy atom. The molecule has 0 atom stereocenters. The van der Waals surface area contributed by atoms with Crippen LogP contribution in [0.3, 0.4) is 0 Å². The molecule has 1 N–H and O–H groups in total. The highest BCUT2D eigenvalue weighted by atomic mass is 35.5. The van der Waals surface area contributed by atoms with E-state index < -0.39 is 47.1 Å². The van der Waals surface area contributed by atoms with Crippen LogP contribution in [-0.2, 0) is 15.7 Å². The van der Waals surface area contributed by atoms with Crippen molar-refractivity contribution in [3.63, 3.8) is 0 Å². The van der Waals surface area contributed by atoms with Gasteiger partial charge in [-0.05, 0) is 48.5 Å². The van der Waals surface area contributed by atoms with Crippen molar-refractivity contribution in [3.8, 4) is 0 Å². The third kappa shape index (κ3) is 4.87. The summed E-state index contributed by atoms with van der Waals surface area (Å²) in [6.45, 7) is -0.792. The van der Waals surface area contributed by atoms with Crippen LogP contribution in [0.2, 0.25) is 5.02 Å². The first-order valence-electron chi connectivity index (χ1n) is 9.98. The fourth-order valence-electron chi connectivity index (χ4n) is 3.43. The average molecular weight is 503 g/mol. The van der Waals surface area contributed by atoms with Crippen molar-refractivity contribution < 1.29 is 37.1 Å². The topological polar surface area (TPSA) is 92.8 Å². The Morgan fingerprint density at radius 1 is 0.914 bits per heavy atom. The number of halogens is 4. The molecule has 0 radical (unpaired) electrons. The second-order valence-electron chi connectivity index (χ2n) is 7.36. The van der Waals surface area contributed by atoms with Gasteiger partial charge in [-0.1, -0.05) is 29.8 Å². The second kappa shape index (κ2) is 9.22. The standard InChI is InChI=1S/C24H14ClF3N2O5/c25-19-9-8-14(11-18(19)24(26,27)28)29-20(31)12-35-23(34)13-4-3-5-15(10-13)30-21(32)16-6-1-2-7-17(16)22(30)33/h1-11H,12H2,(H,29,31). The fraction of sp³-hybridized carbons (Fsp3) is 0.0833. The van der Waals surface area contributed by atoms with Gasteiger partial charge < -0.3 is 10.1 Å². The van der Waals surface area contributed by atoms with E-state index in [1.807, 2.05) is 0 Å². The fourth-order valence-corrected chi connectivity index (χ4v) is 3.65. The lowest BCUT2D eigenvalue weighted by atomic mass is 10.1. The highest BCUT2D eigenvalue weighted by Crippen LogP contribution is 2.36. The number of nitrogens with one attached hydrogen (secondary N) is 1. The second-order valence-corrected chi connectivity index (χ2v) is 7.77. The van der Waals surface area contributed by atoms with E-state index in [9.17, 15) is 32.3 Å². The van der Waals surface area contributed by atoms with Crippen molar-refractivity contribution in [1.82, 2.24) is 0 Å². The molecule has 0 aliphatic carbocycles. The van der Waals surface area contributed by atoms with Crippen molar-refractivity contribution in [2.24, 2.45) is 0 Å². The van der Waals surface area contributed by atoms with Crippen LogP contribution < -0.4 is 10.2 Å². The molecular formula is C24H14ClF3N2O5. The number of nitrogens with zero attached hydrogens (tertiary/aromatic N) is 1. The normalized spacial score (nSPS) is 13.0. The number of rotatable bonds is 5. The summed E-state index contributed by atoms with van der Waals surface area (Å²) in [5.74, 6) is -2.91. The molecule has 0 unspecified atom stereocenters. The summed E-state index contributed by atoms with van der Waals surface area (Å²) in [4.78, 5) is 50.7. The van der Waals surface area contributed by atoms with E-state index >= 15 is 0 Å². The number of amides is 3. The SMILES string of the molecule is O=C(COC(=O)c1cccc(N2C(=O)c3ccccc3C2=O)c1)Nc1ccc(Cl)c(C(F)(F)F)c1. The van der Waals surface area contributed by atoms with Crippen LogP contribution >= 0.6 is 11.6 Å². The Kier molecular flexibility index (Phi) is 6.31. The number of fused-ring (bicyclic) bond motifs is 1. The van der Waals surface area contributed by atoms with E-state index in [-0.39, 0.29) is 28.1 Å². The number of hydrogen-bond acceptors (Lipinski definition) is 5. The molecule has 0 bridgehead atoms. The molecule has 1 aliphatic heterocycles. The van der Waals surface area contributed by atoms with Crippen molar-refractivity contribution in [3.05, 3.63) is 94.0 Å². The molecule has 3 aromatic carbocycles. The Bertz CT molecular complexity index is 1340. The highest BCUT2D eigenvalue weighted by molar-refractivity contribution is 6.34. The zero-order chi connectivity index (χ0) is 25.3. The molecule has 11 heteroatoms. The smallest absolute Gasteiger partial charge is 0.417 e. The lowest BCUT2D eigenvalue weighted by molar-refractivity contribution is -0.137. The first-order valence-corrected chi connectivity index (χ1v) is 10.4. The molecule has 1 heterocycles. The minimum atomic E-state index is -4.71. The molecule has 3 aromatic rings. The lowest BCUT2D eigenvalue weighted by Crippen LogP contribution is -2.29. The van der Waals surface area contributed by atoms with Crippen molar-refractivity contribution in [1.29, 1.82) is 0 Å². The zero-order valence-electron chi connectivity index (χ0n) is 17.6. The van der Waals surface area contributed by atoms with Gasteiger partial charge in [0.2, 0.25) is 0 Å². The molecule has 0 fully saturated rings. The van der Waals surface area contributed by atoms with E-state index in [0.29, 0.717) is 6.07 Å². The summed E-state index contributed by atoms with van der Waals surface area (Å²) < 4.78 is 43.8. The molecule has 0 spiro atoms. The molecule has 0 saturated heterocycles. The van der Waals surface area contributed by atoms with Crippen LogP contribution in [0.4, 0.5) is 24.5 Å². The van der Waals surface area contributed by atoms with Gasteiger partial charge in [0.1, 0.15) is 0 Å². The summed E-state index contributed by atoms with van der Waals surface area (Å²) >= 11 is 5.54. The van der Waals surface area contributed by atoms with Crippen molar-refractivity contribution >= 4 is 46.7 Å². The minimum Gasteiger partial charge on any atom is -0.452 e.